The second-order valence-electron chi connectivity index (χ2n) is 16.4. The lowest BCUT2D eigenvalue weighted by atomic mass is 9.97. The fraction of sp³-hybridized carbons (Fsp3) is 0.211. The van der Waals surface area contributed by atoms with Crippen molar-refractivity contribution in [1.82, 2.24) is 10.2 Å². The maximum absolute atomic E-state index is 15.0. The van der Waals surface area contributed by atoms with Gasteiger partial charge in [-0.1, -0.05) is 127 Å². The molecule has 0 saturated carbocycles. The van der Waals surface area contributed by atoms with E-state index in [1.165, 1.54) is 26.4 Å². The first-order valence-corrected chi connectivity index (χ1v) is 22.7. The average Bonchev–Trinajstić information content (AvgIpc) is 3.57. The van der Waals surface area contributed by atoms with Crippen LogP contribution in [0, 0.1) is 0 Å². The number of amides is 1. The van der Waals surface area contributed by atoms with Crippen LogP contribution in [0.2, 0.25) is 0 Å². The van der Waals surface area contributed by atoms with Crippen molar-refractivity contribution in [2.75, 3.05) is 27.3 Å². The van der Waals surface area contributed by atoms with Crippen molar-refractivity contribution in [2.24, 2.45) is 0 Å². The number of ketones is 1. The fourth-order valence-corrected chi connectivity index (χ4v) is 8.20. The van der Waals surface area contributed by atoms with Crippen molar-refractivity contribution >= 4 is 17.7 Å². The zero-order chi connectivity index (χ0) is 47.1. The highest BCUT2D eigenvalue weighted by Gasteiger charge is 2.34. The van der Waals surface area contributed by atoms with E-state index in [9.17, 15) is 14.4 Å². The van der Waals surface area contributed by atoms with E-state index >= 15 is 0 Å². The Bertz CT molecular complexity index is 2670. The highest BCUT2D eigenvalue weighted by Crippen LogP contribution is 2.39. The Hall–Kier alpha value is -7.89. The van der Waals surface area contributed by atoms with Gasteiger partial charge in [-0.25, -0.2) is 4.79 Å². The summed E-state index contributed by atoms with van der Waals surface area (Å²) in [6.45, 7) is 2.35. The standard InChI is InChI=1S/C57H54N2O9/c1-63-49-25-15-26-50(64-2)53(49)55(60)54-51(66-38-42-21-11-5-12-22-42)33-45(34-52(54)67-39-43-23-13-6-14-24-43)57(62)68-48-27-16-32-59(35-40-17-7-3-8-18-40)36-47(48)58-56(61)44-28-30-46(31-29-44)65-37-41-19-9-4-10-20-41/h3-15,17-26,28-31,33-34,47-48H,16,27,32,35-39H2,1-2H3,(H,58,61)/t47-,48-/m1/s1. The summed E-state index contributed by atoms with van der Waals surface area (Å²) in [6.07, 6.45) is 0.463. The monoisotopic (exact) mass is 910 g/mol. The zero-order valence-corrected chi connectivity index (χ0v) is 38.2. The number of nitrogens with zero attached hydrogens (tertiary/aromatic N) is 1. The Balaban J connectivity index is 1.11. The van der Waals surface area contributed by atoms with E-state index in [0.29, 0.717) is 43.9 Å². The van der Waals surface area contributed by atoms with Gasteiger partial charge in [-0.15, -0.1) is 0 Å². The average molecular weight is 911 g/mol. The molecule has 0 aliphatic carbocycles. The largest absolute Gasteiger partial charge is 0.496 e. The molecule has 1 fully saturated rings. The van der Waals surface area contributed by atoms with E-state index in [-0.39, 0.29) is 58.8 Å². The van der Waals surface area contributed by atoms with Crippen molar-refractivity contribution in [3.63, 3.8) is 0 Å². The number of nitrogens with one attached hydrogen (secondary N) is 1. The normalized spacial score (nSPS) is 14.7. The van der Waals surface area contributed by atoms with Crippen LogP contribution in [0.3, 0.4) is 0 Å². The minimum atomic E-state index is -0.720. The lowest BCUT2D eigenvalue weighted by molar-refractivity contribution is 0.0174. The molecule has 0 aromatic heterocycles. The van der Waals surface area contributed by atoms with Crippen LogP contribution in [0.15, 0.2) is 176 Å². The van der Waals surface area contributed by atoms with Crippen LogP contribution in [0.25, 0.3) is 0 Å². The lowest BCUT2D eigenvalue weighted by Gasteiger charge is -2.29. The first-order valence-electron chi connectivity index (χ1n) is 22.7. The molecule has 1 aliphatic rings. The molecule has 1 amide bonds. The van der Waals surface area contributed by atoms with E-state index in [1.807, 2.05) is 109 Å². The summed E-state index contributed by atoms with van der Waals surface area (Å²) in [7, 11) is 2.96. The van der Waals surface area contributed by atoms with Crippen LogP contribution in [0.1, 0.15) is 71.7 Å². The summed E-state index contributed by atoms with van der Waals surface area (Å²) in [5.74, 6) is -0.0722. The molecule has 11 nitrogen and oxygen atoms in total. The molecule has 1 aliphatic heterocycles. The number of rotatable bonds is 19. The predicted molar refractivity (Wildman–Crippen MR) is 260 cm³/mol. The maximum Gasteiger partial charge on any atom is 0.338 e. The molecule has 1 N–H and O–H groups in total. The Labute approximate surface area is 397 Å². The molecule has 0 unspecified atom stereocenters. The fourth-order valence-electron chi connectivity index (χ4n) is 8.20. The molecule has 8 rings (SSSR count). The van der Waals surface area contributed by atoms with Gasteiger partial charge in [0.1, 0.15) is 65.8 Å². The SMILES string of the molecule is COc1cccc(OC)c1C(=O)c1c(OCc2ccccc2)cc(C(=O)O[C@@H]2CCCN(Cc3ccccc3)C[C@H]2NC(=O)c2ccc(OCc3ccccc3)cc2)cc1OCc1ccccc1. The molecule has 2 atom stereocenters. The van der Waals surface area contributed by atoms with Crippen LogP contribution in [-0.2, 0) is 31.1 Å². The number of carbonyl (C=O) groups is 3. The van der Waals surface area contributed by atoms with Gasteiger partial charge in [0, 0.05) is 18.7 Å². The van der Waals surface area contributed by atoms with Crippen molar-refractivity contribution in [3.05, 3.63) is 220 Å². The maximum atomic E-state index is 15.0. The summed E-state index contributed by atoms with van der Waals surface area (Å²) < 4.78 is 36.7. The van der Waals surface area contributed by atoms with Crippen LogP contribution in [0.5, 0.6) is 28.7 Å². The van der Waals surface area contributed by atoms with Crippen LogP contribution in [0.4, 0.5) is 0 Å². The number of ether oxygens (including phenoxy) is 6. The van der Waals surface area contributed by atoms with Crippen molar-refractivity contribution in [1.29, 1.82) is 0 Å². The van der Waals surface area contributed by atoms with Crippen molar-refractivity contribution in [2.45, 2.75) is 51.4 Å². The van der Waals surface area contributed by atoms with Gasteiger partial charge in [-0.3, -0.25) is 14.5 Å². The van der Waals surface area contributed by atoms with Gasteiger partial charge in [-0.05, 0) is 90.2 Å². The van der Waals surface area contributed by atoms with E-state index in [0.717, 1.165) is 28.8 Å². The highest BCUT2D eigenvalue weighted by molar-refractivity contribution is 6.16. The first kappa shape index (κ1) is 46.6. The smallest absolute Gasteiger partial charge is 0.338 e. The third-order valence-electron chi connectivity index (χ3n) is 11.7. The van der Waals surface area contributed by atoms with Crippen LogP contribution in [-0.4, -0.2) is 62.0 Å². The molecular weight excluding hydrogens is 857 g/mol. The van der Waals surface area contributed by atoms with Crippen molar-refractivity contribution < 1.29 is 42.8 Å². The number of hydrogen-bond donors (Lipinski definition) is 1. The first-order chi connectivity index (χ1) is 33.3. The number of carbonyl (C=O) groups excluding carboxylic acids is 3. The van der Waals surface area contributed by atoms with Crippen LogP contribution < -0.4 is 29.0 Å². The molecule has 346 valence electrons. The number of likely N-dealkylation sites (tertiary alicyclic amines) is 1. The molecule has 11 heteroatoms. The van der Waals surface area contributed by atoms with Gasteiger partial charge in [0.05, 0.1) is 25.8 Å². The van der Waals surface area contributed by atoms with E-state index in [1.54, 1.807) is 42.5 Å². The minimum Gasteiger partial charge on any atom is -0.496 e. The Kier molecular flexibility index (Phi) is 15.8. The zero-order valence-electron chi connectivity index (χ0n) is 38.2. The number of esters is 1. The summed E-state index contributed by atoms with van der Waals surface area (Å²) in [6, 6.07) is 53.6. The molecule has 1 saturated heterocycles. The second-order valence-corrected chi connectivity index (χ2v) is 16.4. The van der Waals surface area contributed by atoms with E-state index in [4.69, 9.17) is 28.4 Å². The molecule has 68 heavy (non-hydrogen) atoms. The topological polar surface area (TPSA) is 122 Å². The Morgan fingerprint density at radius 3 is 1.54 bits per heavy atom. The molecule has 0 spiro atoms. The van der Waals surface area contributed by atoms with E-state index < -0.39 is 23.9 Å². The molecule has 7 aromatic rings. The third kappa shape index (κ3) is 12.1. The van der Waals surface area contributed by atoms with Gasteiger partial charge in [0.15, 0.2) is 0 Å². The summed E-state index contributed by atoms with van der Waals surface area (Å²) in [5, 5.41) is 3.22. The Morgan fingerprint density at radius 1 is 0.544 bits per heavy atom. The number of methoxy groups -OCH3 is 2. The molecule has 0 radical (unpaired) electrons. The second kappa shape index (κ2) is 23.0. The summed E-state index contributed by atoms with van der Waals surface area (Å²) in [5.41, 5.74) is 4.62. The number of benzene rings is 7. The van der Waals surface area contributed by atoms with Gasteiger partial charge < -0.3 is 33.7 Å². The van der Waals surface area contributed by atoms with Crippen molar-refractivity contribution in [3.8, 4) is 28.7 Å². The molecule has 7 aromatic carbocycles. The van der Waals surface area contributed by atoms with E-state index in [2.05, 4.69) is 22.3 Å². The van der Waals surface area contributed by atoms with Crippen LogP contribution >= 0.6 is 0 Å². The highest BCUT2D eigenvalue weighted by atomic mass is 16.5. The minimum absolute atomic E-state index is 0.0730. The summed E-state index contributed by atoms with van der Waals surface area (Å²) >= 11 is 0. The predicted octanol–water partition coefficient (Wildman–Crippen LogP) is 10.3. The van der Waals surface area contributed by atoms with Gasteiger partial charge in [0.2, 0.25) is 5.78 Å². The van der Waals surface area contributed by atoms with Gasteiger partial charge in [-0.2, -0.15) is 0 Å². The number of hydrogen-bond acceptors (Lipinski definition) is 10. The third-order valence-corrected chi connectivity index (χ3v) is 11.7. The Morgan fingerprint density at radius 2 is 1.03 bits per heavy atom. The summed E-state index contributed by atoms with van der Waals surface area (Å²) in [4.78, 5) is 46.0. The molecular formula is C57H54N2O9. The van der Waals surface area contributed by atoms with Gasteiger partial charge >= 0.3 is 5.97 Å². The molecule has 1 heterocycles. The molecule has 0 bridgehead atoms. The quantitative estimate of drug-likeness (QED) is 0.0620. The van der Waals surface area contributed by atoms with Gasteiger partial charge in [0.25, 0.3) is 5.91 Å². The lowest BCUT2D eigenvalue weighted by Crippen LogP contribution is -2.50.